The number of amides is 2. The number of nitrogens with one attached hydrogen (secondary N) is 2. The smallest absolute Gasteiger partial charge is 0.404 e. The van der Waals surface area contributed by atoms with Crippen LogP contribution in [-0.4, -0.2) is 44.3 Å². The van der Waals surface area contributed by atoms with Crippen LogP contribution in [0.15, 0.2) is 16.9 Å². The van der Waals surface area contributed by atoms with Gasteiger partial charge in [0, 0.05) is 34.5 Å². The fourth-order valence-corrected chi connectivity index (χ4v) is 6.65. The molecule has 2 amide bonds. The number of aromatic nitrogens is 2. The van der Waals surface area contributed by atoms with Gasteiger partial charge in [-0.2, -0.15) is 0 Å². The lowest BCUT2D eigenvalue weighted by Crippen LogP contribution is -2.44. The standard InChI is InChI=1S/C31H33FN4O7/c1-5-31(42)18-10-22-25-16(12-36(22)26(37)17(18)13-43-28(31)39)24-20(35-27(38)30(3,4)8-9-33-29(40)41)7-6-15-14(2)19(32)11-21(34-25)23(15)24/h10-11,20,33,42H,5-9,12-13H2,1-4H3,(H,35,38)(H,40,41)/t20-,31-/m0/s1. The molecule has 43 heavy (non-hydrogen) atoms. The third kappa shape index (κ3) is 4.30. The molecule has 2 atom stereocenters. The van der Waals surface area contributed by atoms with Gasteiger partial charge in [0.1, 0.15) is 12.4 Å². The third-order valence-corrected chi connectivity index (χ3v) is 9.32. The molecule has 1 aliphatic carbocycles. The van der Waals surface area contributed by atoms with Crippen LogP contribution in [0.1, 0.15) is 79.5 Å². The van der Waals surface area contributed by atoms with E-state index in [0.29, 0.717) is 40.9 Å². The minimum Gasteiger partial charge on any atom is -0.465 e. The Morgan fingerprint density at radius 2 is 1.98 bits per heavy atom. The highest BCUT2D eigenvalue weighted by atomic mass is 19.1. The van der Waals surface area contributed by atoms with E-state index in [4.69, 9.17) is 14.8 Å². The molecule has 4 heterocycles. The van der Waals surface area contributed by atoms with E-state index in [0.717, 1.165) is 16.5 Å². The van der Waals surface area contributed by atoms with Gasteiger partial charge in [0.2, 0.25) is 5.91 Å². The summed E-state index contributed by atoms with van der Waals surface area (Å²) in [5.41, 5.74) is 1.09. The van der Waals surface area contributed by atoms with Crippen molar-refractivity contribution in [1.82, 2.24) is 20.2 Å². The molecule has 0 radical (unpaired) electrons. The molecule has 1 aromatic carbocycles. The summed E-state index contributed by atoms with van der Waals surface area (Å²) < 4.78 is 21.8. The molecule has 3 aliphatic rings. The van der Waals surface area contributed by atoms with Crippen molar-refractivity contribution in [2.24, 2.45) is 5.41 Å². The number of benzene rings is 1. The van der Waals surface area contributed by atoms with Crippen LogP contribution in [0.3, 0.4) is 0 Å². The van der Waals surface area contributed by atoms with Crippen molar-refractivity contribution in [2.45, 2.75) is 78.2 Å². The molecule has 12 heteroatoms. The molecule has 6 rings (SSSR count). The minimum absolute atomic E-state index is 0.00467. The number of fused-ring (bicyclic) bond motifs is 5. The SMILES string of the molecule is CC[C@@]1(O)C(=O)OCc2c1cc1n(c2=O)Cc2c-1nc1cc(F)c(C)c3c1c2[C@@H](NC(=O)C(C)(C)CCNC(=O)O)CC3. The van der Waals surface area contributed by atoms with Crippen molar-refractivity contribution < 1.29 is 33.7 Å². The third-order valence-electron chi connectivity index (χ3n) is 9.32. The van der Waals surface area contributed by atoms with Crippen molar-refractivity contribution in [3.63, 3.8) is 0 Å². The van der Waals surface area contributed by atoms with E-state index in [-0.39, 0.29) is 49.6 Å². The molecule has 0 fully saturated rings. The first-order valence-electron chi connectivity index (χ1n) is 14.4. The molecule has 0 saturated carbocycles. The predicted octanol–water partition coefficient (Wildman–Crippen LogP) is 3.31. The van der Waals surface area contributed by atoms with Gasteiger partial charge in [-0.05, 0) is 55.4 Å². The summed E-state index contributed by atoms with van der Waals surface area (Å²) in [5.74, 6) is -1.49. The maximum Gasteiger partial charge on any atom is 0.404 e. The lowest BCUT2D eigenvalue weighted by atomic mass is 9.80. The van der Waals surface area contributed by atoms with Gasteiger partial charge in [-0.25, -0.2) is 19.0 Å². The Balaban J connectivity index is 1.51. The highest BCUT2D eigenvalue weighted by Gasteiger charge is 2.46. The number of carbonyl (C=O) groups excluding carboxylic acids is 2. The molecule has 0 unspecified atom stereocenters. The Labute approximate surface area is 246 Å². The summed E-state index contributed by atoms with van der Waals surface area (Å²) in [6.07, 6.45) is 0.102. The van der Waals surface area contributed by atoms with E-state index in [9.17, 15) is 24.3 Å². The maximum absolute atomic E-state index is 15.1. The van der Waals surface area contributed by atoms with Crippen LogP contribution in [0.2, 0.25) is 0 Å². The topological polar surface area (TPSA) is 160 Å². The summed E-state index contributed by atoms with van der Waals surface area (Å²) in [6.45, 7) is 6.82. The van der Waals surface area contributed by atoms with Gasteiger partial charge >= 0.3 is 12.1 Å². The summed E-state index contributed by atoms with van der Waals surface area (Å²) >= 11 is 0. The lowest BCUT2D eigenvalue weighted by molar-refractivity contribution is -0.172. The van der Waals surface area contributed by atoms with Gasteiger partial charge in [-0.1, -0.05) is 20.8 Å². The Bertz CT molecular complexity index is 1810. The number of ether oxygens (including phenoxy) is 1. The normalized spacial score (nSPS) is 20.2. The van der Waals surface area contributed by atoms with E-state index in [1.54, 1.807) is 33.8 Å². The fourth-order valence-electron chi connectivity index (χ4n) is 6.65. The summed E-state index contributed by atoms with van der Waals surface area (Å²) in [4.78, 5) is 55.6. The second kappa shape index (κ2) is 9.87. The molecule has 2 aliphatic heterocycles. The second-order valence-corrected chi connectivity index (χ2v) is 12.2. The Kier molecular flexibility index (Phi) is 6.60. The average molecular weight is 593 g/mol. The molecule has 0 saturated heterocycles. The minimum atomic E-state index is -1.98. The van der Waals surface area contributed by atoms with E-state index in [1.807, 2.05) is 0 Å². The summed E-state index contributed by atoms with van der Waals surface area (Å²) in [7, 11) is 0. The second-order valence-electron chi connectivity index (χ2n) is 12.2. The van der Waals surface area contributed by atoms with Gasteiger partial charge < -0.3 is 30.2 Å². The number of esters is 1. The van der Waals surface area contributed by atoms with E-state index in [1.165, 1.54) is 10.6 Å². The van der Waals surface area contributed by atoms with Gasteiger partial charge in [0.15, 0.2) is 5.60 Å². The molecule has 0 spiro atoms. The van der Waals surface area contributed by atoms with Crippen molar-refractivity contribution >= 4 is 28.9 Å². The highest BCUT2D eigenvalue weighted by Crippen LogP contribution is 2.46. The predicted molar refractivity (Wildman–Crippen MR) is 153 cm³/mol. The van der Waals surface area contributed by atoms with Crippen LogP contribution >= 0.6 is 0 Å². The number of aryl methyl sites for hydroxylation is 1. The zero-order valence-electron chi connectivity index (χ0n) is 24.4. The summed E-state index contributed by atoms with van der Waals surface area (Å²) in [5, 5.41) is 26.4. The number of hydrogen-bond acceptors (Lipinski definition) is 7. The number of carboxylic acid groups (broad SMARTS) is 1. The molecule has 226 valence electrons. The van der Waals surface area contributed by atoms with Crippen LogP contribution < -0.4 is 16.2 Å². The number of rotatable bonds is 6. The monoisotopic (exact) mass is 592 g/mol. The Hall–Kier alpha value is -4.32. The largest absolute Gasteiger partial charge is 0.465 e. The zero-order chi connectivity index (χ0) is 31.0. The molecular weight excluding hydrogens is 559 g/mol. The fraction of sp³-hybridized carbons (Fsp3) is 0.452. The maximum atomic E-state index is 15.1. The number of nitrogens with zero attached hydrogens (tertiary/aromatic N) is 2. The van der Waals surface area contributed by atoms with Gasteiger partial charge in [-0.15, -0.1) is 0 Å². The van der Waals surface area contributed by atoms with Crippen LogP contribution in [-0.2, 0) is 39.5 Å². The number of aliphatic hydroxyl groups is 1. The van der Waals surface area contributed by atoms with Crippen molar-refractivity contribution in [2.75, 3.05) is 6.54 Å². The number of hydrogen-bond donors (Lipinski definition) is 4. The van der Waals surface area contributed by atoms with E-state index >= 15 is 4.39 Å². The van der Waals surface area contributed by atoms with Crippen LogP contribution in [0.4, 0.5) is 9.18 Å². The van der Waals surface area contributed by atoms with Crippen LogP contribution in [0, 0.1) is 18.2 Å². The van der Waals surface area contributed by atoms with Gasteiger partial charge in [0.25, 0.3) is 5.56 Å². The van der Waals surface area contributed by atoms with Gasteiger partial charge in [-0.3, -0.25) is 9.59 Å². The van der Waals surface area contributed by atoms with Gasteiger partial charge in [0.05, 0.1) is 35.1 Å². The zero-order valence-corrected chi connectivity index (χ0v) is 24.4. The molecule has 11 nitrogen and oxygen atoms in total. The van der Waals surface area contributed by atoms with Crippen LogP contribution in [0.5, 0.6) is 0 Å². The van der Waals surface area contributed by atoms with Crippen LogP contribution in [0.25, 0.3) is 22.3 Å². The first-order chi connectivity index (χ1) is 20.3. The number of halogens is 1. The quantitative estimate of drug-likeness (QED) is 0.248. The molecular formula is C31H33FN4O7. The summed E-state index contributed by atoms with van der Waals surface area (Å²) in [6, 6.07) is 2.49. The Morgan fingerprint density at radius 1 is 1.23 bits per heavy atom. The van der Waals surface area contributed by atoms with Crippen molar-refractivity contribution in [3.8, 4) is 11.4 Å². The number of cyclic esters (lactones) is 1. The first kappa shape index (κ1) is 28.8. The number of pyridine rings is 2. The molecule has 0 bridgehead atoms. The van der Waals surface area contributed by atoms with Crippen molar-refractivity contribution in [3.05, 3.63) is 61.7 Å². The van der Waals surface area contributed by atoms with Crippen molar-refractivity contribution in [1.29, 1.82) is 0 Å². The Morgan fingerprint density at radius 3 is 2.67 bits per heavy atom. The molecule has 2 aromatic heterocycles. The number of carbonyl (C=O) groups is 3. The van der Waals surface area contributed by atoms with E-state index < -0.39 is 40.5 Å². The molecule has 3 aromatic rings. The van der Waals surface area contributed by atoms with E-state index in [2.05, 4.69) is 10.6 Å². The molecule has 4 N–H and O–H groups in total. The first-order valence-corrected chi connectivity index (χ1v) is 14.4. The average Bonchev–Trinajstić information content (AvgIpc) is 3.32. The highest BCUT2D eigenvalue weighted by molar-refractivity contribution is 5.94. The lowest BCUT2D eigenvalue weighted by Gasteiger charge is -2.32.